The van der Waals surface area contributed by atoms with Crippen LogP contribution in [0.5, 0.6) is 5.75 Å². The molecule has 4 aromatic rings. The maximum atomic E-state index is 13.8. The third-order valence-corrected chi connectivity index (χ3v) is 12.1. The maximum Gasteiger partial charge on any atom is 0.410 e. The summed E-state index contributed by atoms with van der Waals surface area (Å²) in [6, 6.07) is 12.5. The van der Waals surface area contributed by atoms with Crippen molar-refractivity contribution in [3.63, 3.8) is 0 Å². The van der Waals surface area contributed by atoms with Crippen molar-refractivity contribution in [3.05, 3.63) is 81.5 Å². The topological polar surface area (TPSA) is 157 Å². The lowest BCUT2D eigenvalue weighted by Gasteiger charge is -2.38. The molecule has 7 rings (SSSR count). The summed E-state index contributed by atoms with van der Waals surface area (Å²) in [5.41, 5.74) is 4.68. The molecule has 4 heterocycles. The Morgan fingerprint density at radius 2 is 1.80 bits per heavy atom. The Morgan fingerprint density at radius 1 is 1.03 bits per heavy atom. The third-order valence-electron chi connectivity index (χ3n) is 11.3. The van der Waals surface area contributed by atoms with Crippen molar-refractivity contribution in [1.29, 1.82) is 0 Å². The molecule has 3 amide bonds. The Balaban J connectivity index is 1.07. The first-order chi connectivity index (χ1) is 28.6. The molecule has 60 heavy (non-hydrogen) atoms. The lowest BCUT2D eigenvalue weighted by atomic mass is 9.74. The van der Waals surface area contributed by atoms with E-state index >= 15 is 0 Å². The quantitative estimate of drug-likeness (QED) is 0.139. The second kappa shape index (κ2) is 17.8. The van der Waals surface area contributed by atoms with Crippen LogP contribution in [0, 0.1) is 11.8 Å². The first kappa shape index (κ1) is 42.9. The molecule has 16 heteroatoms. The van der Waals surface area contributed by atoms with Gasteiger partial charge in [0, 0.05) is 80.6 Å². The normalized spacial score (nSPS) is 18.9. The number of hydrogen-bond acceptors (Lipinski definition) is 10. The Bertz CT molecular complexity index is 2300. The fraction of sp³-hybridized carbons (Fsp3) is 0.455. The van der Waals surface area contributed by atoms with E-state index in [9.17, 15) is 19.2 Å². The highest BCUT2D eigenvalue weighted by molar-refractivity contribution is 6.39. The summed E-state index contributed by atoms with van der Waals surface area (Å²) in [5, 5.41) is 6.55. The molecule has 2 fully saturated rings. The average Bonchev–Trinajstić information content (AvgIpc) is 3.77. The van der Waals surface area contributed by atoms with Crippen LogP contribution in [-0.2, 0) is 45.6 Å². The van der Waals surface area contributed by atoms with E-state index in [1.165, 1.54) is 7.11 Å². The van der Waals surface area contributed by atoms with Gasteiger partial charge in [-0.05, 0) is 64.2 Å². The Labute approximate surface area is 359 Å². The average molecular weight is 861 g/mol. The largest absolute Gasteiger partial charge is 0.496 e. The van der Waals surface area contributed by atoms with E-state index in [1.807, 2.05) is 56.7 Å². The van der Waals surface area contributed by atoms with Gasteiger partial charge in [-0.3, -0.25) is 24.3 Å². The number of nitrogens with one attached hydrogen (secondary N) is 2. The highest BCUT2D eigenvalue weighted by Crippen LogP contribution is 2.42. The maximum absolute atomic E-state index is 13.8. The predicted octanol–water partition coefficient (Wildman–Crippen LogP) is 7.29. The molecule has 2 aromatic heterocycles. The number of anilines is 1. The second-order valence-corrected chi connectivity index (χ2v) is 17.5. The second-order valence-electron chi connectivity index (χ2n) is 16.8. The van der Waals surface area contributed by atoms with Gasteiger partial charge in [0.25, 0.3) is 5.91 Å². The van der Waals surface area contributed by atoms with Gasteiger partial charge in [-0.15, -0.1) is 0 Å². The lowest BCUT2D eigenvalue weighted by molar-refractivity contribution is -0.150. The third kappa shape index (κ3) is 9.40. The van der Waals surface area contributed by atoms with E-state index in [2.05, 4.69) is 20.5 Å². The highest BCUT2D eigenvalue weighted by atomic mass is 35.5. The first-order valence-electron chi connectivity index (χ1n) is 20.2. The molecule has 1 aliphatic carbocycles. The number of carbonyl (C=O) groups is 4. The van der Waals surface area contributed by atoms with Gasteiger partial charge in [-0.2, -0.15) is 0 Å². The van der Waals surface area contributed by atoms with Crippen LogP contribution in [0.25, 0.3) is 22.4 Å². The molecule has 0 spiro atoms. The fourth-order valence-corrected chi connectivity index (χ4v) is 8.81. The zero-order valence-electron chi connectivity index (χ0n) is 34.8. The van der Waals surface area contributed by atoms with Gasteiger partial charge in [-0.25, -0.2) is 9.78 Å². The van der Waals surface area contributed by atoms with Crippen LogP contribution in [0.2, 0.25) is 10.0 Å². The Hall–Kier alpha value is -5.18. The van der Waals surface area contributed by atoms with Crippen molar-refractivity contribution < 1.29 is 33.4 Å². The summed E-state index contributed by atoms with van der Waals surface area (Å²) in [7, 11) is 4.84. The van der Waals surface area contributed by atoms with Gasteiger partial charge in [0.1, 0.15) is 11.4 Å². The van der Waals surface area contributed by atoms with Crippen LogP contribution in [0.3, 0.4) is 0 Å². The summed E-state index contributed by atoms with van der Waals surface area (Å²) < 4.78 is 18.3. The van der Waals surface area contributed by atoms with Crippen molar-refractivity contribution in [1.82, 2.24) is 29.7 Å². The van der Waals surface area contributed by atoms with Crippen molar-refractivity contribution in [2.24, 2.45) is 18.9 Å². The number of rotatable bonds is 12. The highest BCUT2D eigenvalue weighted by Gasteiger charge is 2.37. The fourth-order valence-electron chi connectivity index (χ4n) is 8.22. The molecule has 1 saturated carbocycles. The van der Waals surface area contributed by atoms with E-state index in [0.717, 1.165) is 49.3 Å². The van der Waals surface area contributed by atoms with Crippen molar-refractivity contribution >= 4 is 52.8 Å². The number of imidazole rings is 1. The van der Waals surface area contributed by atoms with Gasteiger partial charge < -0.3 is 34.3 Å². The van der Waals surface area contributed by atoms with E-state index in [1.54, 1.807) is 36.4 Å². The van der Waals surface area contributed by atoms with Crippen LogP contribution >= 0.6 is 23.2 Å². The molecule has 2 aliphatic heterocycles. The monoisotopic (exact) mass is 859 g/mol. The van der Waals surface area contributed by atoms with Gasteiger partial charge in [0.15, 0.2) is 5.82 Å². The first-order valence-corrected chi connectivity index (χ1v) is 20.9. The summed E-state index contributed by atoms with van der Waals surface area (Å²) in [6.07, 6.45) is 4.59. The number of carbonyl (C=O) groups excluding carboxylic acids is 4. The number of methoxy groups -OCH3 is 2. The molecule has 0 bridgehead atoms. The molecule has 0 unspecified atom stereocenters. The zero-order chi connectivity index (χ0) is 42.9. The van der Waals surface area contributed by atoms with E-state index in [0.29, 0.717) is 75.0 Å². The molecule has 14 nitrogen and oxygen atoms in total. The molecular weight excluding hydrogens is 809 g/mol. The number of hydrogen-bond donors (Lipinski definition) is 2. The van der Waals surface area contributed by atoms with Gasteiger partial charge in [0.2, 0.25) is 5.91 Å². The molecule has 1 atom stereocenters. The number of aromatic nitrogens is 3. The van der Waals surface area contributed by atoms with Gasteiger partial charge in [-0.1, -0.05) is 47.5 Å². The lowest BCUT2D eigenvalue weighted by Crippen LogP contribution is -2.43. The molecular formula is C44H51Cl2N7O7. The molecule has 0 radical (unpaired) electrons. The molecule has 2 N–H and O–H groups in total. The summed E-state index contributed by atoms with van der Waals surface area (Å²) in [6.45, 7) is 8.28. The number of amides is 3. The minimum atomic E-state index is -0.707. The number of pyridine rings is 1. The number of nitrogens with zero attached hydrogens (tertiary/aromatic N) is 5. The van der Waals surface area contributed by atoms with E-state index in [4.69, 9.17) is 42.4 Å². The van der Waals surface area contributed by atoms with Crippen LogP contribution < -0.4 is 15.4 Å². The van der Waals surface area contributed by atoms with Crippen molar-refractivity contribution in [2.75, 3.05) is 39.2 Å². The minimum Gasteiger partial charge on any atom is -0.496 e. The number of esters is 1. The summed E-state index contributed by atoms with van der Waals surface area (Å²) in [5.74, 6) is 0.690. The summed E-state index contributed by atoms with van der Waals surface area (Å²) >= 11 is 14.1. The van der Waals surface area contributed by atoms with Crippen LogP contribution in [0.4, 0.5) is 10.5 Å². The minimum absolute atomic E-state index is 0.00612. The SMILES string of the molecule is COC(=O)C1CC(CN2CCc3nc(C(=O)Nc4cccc(-c5ccnc(-c6ccc(CN(C[C@@H]7CCC(=O)N7)C(=O)OC(C)(C)C)c(OC)c6)c5Cl)c4Cl)n(C)c3C2)C1. The summed E-state index contributed by atoms with van der Waals surface area (Å²) in [4.78, 5) is 64.1. The van der Waals surface area contributed by atoms with E-state index in [-0.39, 0.29) is 42.8 Å². The Morgan fingerprint density at radius 3 is 2.50 bits per heavy atom. The van der Waals surface area contributed by atoms with Crippen molar-refractivity contribution in [2.45, 2.75) is 77.6 Å². The van der Waals surface area contributed by atoms with Crippen LogP contribution in [0.1, 0.15) is 74.0 Å². The van der Waals surface area contributed by atoms with Crippen molar-refractivity contribution in [3.8, 4) is 28.1 Å². The number of fused-ring (bicyclic) bond motifs is 1. The number of halogens is 2. The number of benzene rings is 2. The zero-order valence-corrected chi connectivity index (χ0v) is 36.3. The standard InChI is InChI=1S/C44H51Cl2N7O7/c1-44(2,3)60-43(57)53(23-29-12-13-36(54)48-29)22-27-11-10-26(20-35(27)58-5)39-38(46)31(14-16-47-39)30-8-7-9-33(37(30)45)50-41(55)40-49-32-15-17-52(24-34(32)51(40)4)21-25-18-28(19-25)42(56)59-6/h7-11,14,16,20,25,28-29H,12-13,15,17-19,21-24H2,1-6H3,(H,48,54)(H,50,55)/t25?,28?,29-/m0/s1. The Kier molecular flexibility index (Phi) is 12.7. The molecule has 1 saturated heterocycles. The van der Waals surface area contributed by atoms with Crippen LogP contribution in [-0.4, -0.2) is 93.7 Å². The van der Waals surface area contributed by atoms with Gasteiger partial charge in [0.05, 0.1) is 59.5 Å². The smallest absolute Gasteiger partial charge is 0.410 e. The number of ether oxygens (including phenoxy) is 3. The molecule has 2 aromatic carbocycles. The molecule has 3 aliphatic rings. The van der Waals surface area contributed by atoms with E-state index < -0.39 is 11.7 Å². The molecule has 318 valence electrons. The van der Waals surface area contributed by atoms with Gasteiger partial charge >= 0.3 is 12.1 Å². The predicted molar refractivity (Wildman–Crippen MR) is 228 cm³/mol. The van der Waals surface area contributed by atoms with Crippen LogP contribution in [0.15, 0.2) is 48.7 Å².